The Morgan fingerprint density at radius 2 is 1.52 bits per heavy atom. The zero-order valence-electron chi connectivity index (χ0n) is 13.1. The SMILES string of the molecule is O=C(NCC1CCN(C2CCCC2)CC1)C(=O)NCC(F)(F)F. The molecular weight excluding hydrogens is 311 g/mol. The third-order valence-electron chi connectivity index (χ3n) is 4.70. The van der Waals surface area contributed by atoms with Crippen molar-refractivity contribution in [3.05, 3.63) is 0 Å². The van der Waals surface area contributed by atoms with Gasteiger partial charge in [-0.05, 0) is 44.7 Å². The van der Waals surface area contributed by atoms with Crippen molar-refractivity contribution in [3.8, 4) is 0 Å². The molecule has 132 valence electrons. The molecule has 0 radical (unpaired) electrons. The molecule has 1 saturated heterocycles. The van der Waals surface area contributed by atoms with Crippen LogP contribution in [0, 0.1) is 5.92 Å². The lowest BCUT2D eigenvalue weighted by molar-refractivity contribution is -0.146. The Morgan fingerprint density at radius 3 is 2.09 bits per heavy atom. The van der Waals surface area contributed by atoms with Gasteiger partial charge in [0.1, 0.15) is 6.54 Å². The summed E-state index contributed by atoms with van der Waals surface area (Å²) in [6.07, 6.45) is 2.51. The van der Waals surface area contributed by atoms with Gasteiger partial charge in [0.25, 0.3) is 0 Å². The number of halogens is 3. The highest BCUT2D eigenvalue weighted by atomic mass is 19.4. The van der Waals surface area contributed by atoms with E-state index in [-0.39, 0.29) is 5.92 Å². The average molecular weight is 335 g/mol. The molecule has 5 nitrogen and oxygen atoms in total. The van der Waals surface area contributed by atoms with E-state index in [0.717, 1.165) is 25.9 Å². The molecular formula is C15H24F3N3O2. The summed E-state index contributed by atoms with van der Waals surface area (Å²) in [6.45, 7) is 0.840. The number of nitrogens with zero attached hydrogens (tertiary/aromatic N) is 1. The van der Waals surface area contributed by atoms with Crippen molar-refractivity contribution < 1.29 is 22.8 Å². The number of piperidine rings is 1. The van der Waals surface area contributed by atoms with Gasteiger partial charge in [-0.15, -0.1) is 0 Å². The summed E-state index contributed by atoms with van der Waals surface area (Å²) < 4.78 is 35.9. The number of hydrogen-bond donors (Lipinski definition) is 2. The van der Waals surface area contributed by atoms with E-state index in [4.69, 9.17) is 0 Å². The van der Waals surface area contributed by atoms with Crippen molar-refractivity contribution in [1.29, 1.82) is 0 Å². The summed E-state index contributed by atoms with van der Waals surface area (Å²) >= 11 is 0. The molecule has 1 heterocycles. The summed E-state index contributed by atoms with van der Waals surface area (Å²) in [5, 5.41) is 4.01. The van der Waals surface area contributed by atoms with Crippen LogP contribution in [0.2, 0.25) is 0 Å². The maximum atomic E-state index is 12.0. The van der Waals surface area contributed by atoms with Crippen LogP contribution >= 0.6 is 0 Å². The van der Waals surface area contributed by atoms with Gasteiger partial charge in [-0.2, -0.15) is 13.2 Å². The number of rotatable bonds is 4. The molecule has 1 aliphatic heterocycles. The van der Waals surface area contributed by atoms with Gasteiger partial charge in [0, 0.05) is 12.6 Å². The normalized spacial score (nSPS) is 21.3. The summed E-state index contributed by atoms with van der Waals surface area (Å²) in [4.78, 5) is 25.2. The molecule has 0 aromatic heterocycles. The molecule has 0 unspecified atom stereocenters. The second-order valence-corrected chi connectivity index (χ2v) is 6.43. The first-order valence-corrected chi connectivity index (χ1v) is 8.22. The number of carbonyl (C=O) groups excluding carboxylic acids is 2. The summed E-state index contributed by atoms with van der Waals surface area (Å²) in [7, 11) is 0. The molecule has 1 aliphatic carbocycles. The van der Waals surface area contributed by atoms with E-state index in [1.807, 2.05) is 0 Å². The molecule has 2 aliphatic rings. The minimum Gasteiger partial charge on any atom is -0.348 e. The highest BCUT2D eigenvalue weighted by Crippen LogP contribution is 2.27. The lowest BCUT2D eigenvalue weighted by atomic mass is 9.95. The molecule has 2 amide bonds. The Labute approximate surface area is 134 Å². The maximum absolute atomic E-state index is 12.0. The van der Waals surface area contributed by atoms with Crippen LogP contribution in [0.3, 0.4) is 0 Å². The number of amides is 2. The van der Waals surface area contributed by atoms with Gasteiger partial charge in [0.15, 0.2) is 0 Å². The van der Waals surface area contributed by atoms with Crippen LogP contribution in [-0.4, -0.2) is 55.1 Å². The molecule has 23 heavy (non-hydrogen) atoms. The standard InChI is InChI=1S/C15H24F3N3O2/c16-15(17,18)10-20-14(23)13(22)19-9-11-5-7-21(8-6-11)12-3-1-2-4-12/h11-12H,1-10H2,(H,19,22)(H,20,23). The van der Waals surface area contributed by atoms with Gasteiger partial charge in [-0.1, -0.05) is 12.8 Å². The molecule has 0 atom stereocenters. The van der Waals surface area contributed by atoms with E-state index < -0.39 is 24.5 Å². The van der Waals surface area contributed by atoms with Crippen molar-refractivity contribution in [1.82, 2.24) is 15.5 Å². The minimum absolute atomic E-state index is 0.284. The first kappa shape index (κ1) is 18.0. The van der Waals surface area contributed by atoms with E-state index in [2.05, 4.69) is 10.2 Å². The summed E-state index contributed by atoms with van der Waals surface area (Å²) in [6, 6.07) is 0.693. The molecule has 0 aromatic carbocycles. The van der Waals surface area contributed by atoms with Gasteiger partial charge >= 0.3 is 18.0 Å². The largest absolute Gasteiger partial charge is 0.405 e. The molecule has 1 saturated carbocycles. The second-order valence-electron chi connectivity index (χ2n) is 6.43. The Balaban J connectivity index is 1.62. The first-order chi connectivity index (χ1) is 10.8. The fourth-order valence-electron chi connectivity index (χ4n) is 3.37. The quantitative estimate of drug-likeness (QED) is 0.764. The van der Waals surface area contributed by atoms with E-state index in [1.165, 1.54) is 25.7 Å². The smallest absolute Gasteiger partial charge is 0.348 e. The van der Waals surface area contributed by atoms with Crippen LogP contribution in [0.5, 0.6) is 0 Å². The van der Waals surface area contributed by atoms with E-state index >= 15 is 0 Å². The Bertz CT molecular complexity index is 415. The van der Waals surface area contributed by atoms with Crippen LogP contribution in [-0.2, 0) is 9.59 Å². The molecule has 8 heteroatoms. The fourth-order valence-corrected chi connectivity index (χ4v) is 3.37. The van der Waals surface area contributed by atoms with Crippen molar-refractivity contribution in [2.24, 2.45) is 5.92 Å². The number of hydrogen-bond acceptors (Lipinski definition) is 3. The van der Waals surface area contributed by atoms with Crippen LogP contribution in [0.1, 0.15) is 38.5 Å². The zero-order chi connectivity index (χ0) is 16.9. The number of alkyl halides is 3. The Morgan fingerprint density at radius 1 is 0.957 bits per heavy atom. The van der Waals surface area contributed by atoms with E-state index in [1.54, 1.807) is 5.32 Å². The first-order valence-electron chi connectivity index (χ1n) is 8.22. The highest BCUT2D eigenvalue weighted by molar-refractivity contribution is 6.35. The minimum atomic E-state index is -4.51. The van der Waals surface area contributed by atoms with Crippen LogP contribution in [0.4, 0.5) is 13.2 Å². The predicted octanol–water partition coefficient (Wildman–Crippen LogP) is 1.44. The van der Waals surface area contributed by atoms with Crippen molar-refractivity contribution in [2.75, 3.05) is 26.2 Å². The van der Waals surface area contributed by atoms with Crippen LogP contribution < -0.4 is 10.6 Å². The Kier molecular flexibility index (Phi) is 6.26. The molecule has 0 aromatic rings. The monoisotopic (exact) mass is 335 g/mol. The number of carbonyl (C=O) groups is 2. The van der Waals surface area contributed by atoms with Gasteiger partial charge in [-0.3, -0.25) is 9.59 Å². The van der Waals surface area contributed by atoms with E-state index in [9.17, 15) is 22.8 Å². The van der Waals surface area contributed by atoms with Crippen LogP contribution in [0.15, 0.2) is 0 Å². The van der Waals surface area contributed by atoms with E-state index in [0.29, 0.717) is 12.6 Å². The molecule has 2 fully saturated rings. The van der Waals surface area contributed by atoms with Gasteiger partial charge in [0.2, 0.25) is 0 Å². The van der Waals surface area contributed by atoms with Crippen LogP contribution in [0.25, 0.3) is 0 Å². The highest BCUT2D eigenvalue weighted by Gasteiger charge is 2.30. The summed E-state index contributed by atoms with van der Waals surface area (Å²) in [5.74, 6) is -1.94. The lowest BCUT2D eigenvalue weighted by Gasteiger charge is -2.36. The zero-order valence-corrected chi connectivity index (χ0v) is 13.1. The molecule has 2 rings (SSSR count). The number of nitrogens with one attached hydrogen (secondary N) is 2. The Hall–Kier alpha value is -1.31. The second kappa shape index (κ2) is 7.99. The molecule has 0 spiro atoms. The average Bonchev–Trinajstić information content (AvgIpc) is 3.04. The number of likely N-dealkylation sites (tertiary alicyclic amines) is 1. The van der Waals surface area contributed by atoms with Gasteiger partial charge in [0.05, 0.1) is 0 Å². The summed E-state index contributed by atoms with van der Waals surface area (Å²) in [5.41, 5.74) is 0. The topological polar surface area (TPSA) is 61.4 Å². The van der Waals surface area contributed by atoms with Gasteiger partial charge < -0.3 is 15.5 Å². The van der Waals surface area contributed by atoms with Crippen molar-refractivity contribution >= 4 is 11.8 Å². The molecule has 2 N–H and O–H groups in total. The maximum Gasteiger partial charge on any atom is 0.405 e. The third kappa shape index (κ3) is 6.01. The lowest BCUT2D eigenvalue weighted by Crippen LogP contribution is -2.46. The van der Waals surface area contributed by atoms with Crippen molar-refractivity contribution in [2.45, 2.75) is 50.7 Å². The predicted molar refractivity (Wildman–Crippen MR) is 78.6 cm³/mol. The van der Waals surface area contributed by atoms with Crippen molar-refractivity contribution in [3.63, 3.8) is 0 Å². The fraction of sp³-hybridized carbons (Fsp3) is 0.867. The van der Waals surface area contributed by atoms with Gasteiger partial charge in [-0.25, -0.2) is 0 Å². The molecule has 0 bridgehead atoms. The third-order valence-corrected chi connectivity index (χ3v) is 4.70.